The van der Waals surface area contributed by atoms with Gasteiger partial charge in [0.25, 0.3) is 0 Å². The molecule has 0 aliphatic rings. The second kappa shape index (κ2) is 12.4. The minimum Gasteiger partial charge on any atom is -0.491 e. The Morgan fingerprint density at radius 3 is 2.76 bits per heavy atom. The lowest BCUT2D eigenvalue weighted by Gasteiger charge is -2.13. The van der Waals surface area contributed by atoms with E-state index < -0.39 is 6.10 Å². The Balaban J connectivity index is 1.89. The lowest BCUT2D eigenvalue weighted by atomic mass is 10.1. The fourth-order valence-corrected chi connectivity index (χ4v) is 3.48. The van der Waals surface area contributed by atoms with Crippen LogP contribution in [-0.4, -0.2) is 64.9 Å². The second-order valence-electron chi connectivity index (χ2n) is 8.56. The number of ether oxygens (including phenoxy) is 2. The highest BCUT2D eigenvalue weighted by molar-refractivity contribution is 5.64. The Morgan fingerprint density at radius 1 is 1.15 bits per heavy atom. The predicted molar refractivity (Wildman–Crippen MR) is 129 cm³/mol. The number of aromatic nitrogens is 4. The fraction of sp³-hybridized carbons (Fsp3) is 0.480. The zero-order valence-corrected chi connectivity index (χ0v) is 20.0. The monoisotopic (exact) mass is 453 g/mol. The van der Waals surface area contributed by atoms with Crippen LogP contribution in [0.1, 0.15) is 26.0 Å². The third-order valence-corrected chi connectivity index (χ3v) is 5.02. The van der Waals surface area contributed by atoms with Gasteiger partial charge in [0, 0.05) is 49.8 Å². The second-order valence-corrected chi connectivity index (χ2v) is 8.56. The van der Waals surface area contributed by atoms with Crippen LogP contribution < -0.4 is 10.1 Å². The molecular formula is C25H35N5O3. The minimum atomic E-state index is -0.576. The van der Waals surface area contributed by atoms with Gasteiger partial charge in [-0.2, -0.15) is 5.10 Å². The van der Waals surface area contributed by atoms with Crippen LogP contribution in [0, 0.1) is 5.92 Å². The highest BCUT2D eigenvalue weighted by atomic mass is 16.5. The van der Waals surface area contributed by atoms with Gasteiger partial charge in [-0.05, 0) is 44.0 Å². The van der Waals surface area contributed by atoms with Crippen molar-refractivity contribution in [3.8, 4) is 28.4 Å². The number of aryl methyl sites for hydroxylation is 1. The summed E-state index contributed by atoms with van der Waals surface area (Å²) in [6.45, 7) is 6.56. The topological polar surface area (TPSA) is 94.3 Å². The summed E-state index contributed by atoms with van der Waals surface area (Å²) >= 11 is 0. The number of likely N-dealkylation sites (N-methyl/N-ethyl adjacent to an activating group) is 1. The van der Waals surface area contributed by atoms with E-state index in [2.05, 4.69) is 24.3 Å². The average Bonchev–Trinajstić information content (AvgIpc) is 3.26. The molecule has 0 radical (unpaired) electrons. The highest BCUT2D eigenvalue weighted by Crippen LogP contribution is 2.25. The van der Waals surface area contributed by atoms with Gasteiger partial charge in [-0.15, -0.1) is 0 Å². The first-order valence-corrected chi connectivity index (χ1v) is 11.4. The summed E-state index contributed by atoms with van der Waals surface area (Å²) in [4.78, 5) is 9.66. The molecule has 1 atom stereocenters. The van der Waals surface area contributed by atoms with E-state index in [9.17, 15) is 5.11 Å². The number of benzene rings is 1. The van der Waals surface area contributed by atoms with E-state index in [0.717, 1.165) is 41.9 Å². The lowest BCUT2D eigenvalue weighted by Crippen LogP contribution is -2.29. The molecule has 0 aliphatic heterocycles. The van der Waals surface area contributed by atoms with E-state index in [-0.39, 0.29) is 6.61 Å². The molecule has 0 bridgehead atoms. The molecule has 0 amide bonds. The molecule has 2 N–H and O–H groups in total. The Hall–Kier alpha value is -2.81. The normalized spacial score (nSPS) is 12.3. The smallest absolute Gasteiger partial charge is 0.160 e. The first-order valence-electron chi connectivity index (χ1n) is 11.4. The molecule has 3 aromatic rings. The Morgan fingerprint density at radius 2 is 2.00 bits per heavy atom. The van der Waals surface area contributed by atoms with Gasteiger partial charge in [-0.25, -0.2) is 9.97 Å². The largest absolute Gasteiger partial charge is 0.491 e. The molecule has 0 fully saturated rings. The van der Waals surface area contributed by atoms with Crippen LogP contribution in [0.25, 0.3) is 22.6 Å². The van der Waals surface area contributed by atoms with E-state index in [4.69, 9.17) is 19.4 Å². The van der Waals surface area contributed by atoms with E-state index in [1.165, 1.54) is 0 Å². The first kappa shape index (κ1) is 24.8. The van der Waals surface area contributed by atoms with Gasteiger partial charge in [0.2, 0.25) is 0 Å². The van der Waals surface area contributed by atoms with Crippen molar-refractivity contribution in [3.63, 3.8) is 0 Å². The van der Waals surface area contributed by atoms with Crippen molar-refractivity contribution < 1.29 is 14.6 Å². The van der Waals surface area contributed by atoms with Crippen LogP contribution in [0.4, 0.5) is 0 Å². The number of aliphatic hydroxyl groups excluding tert-OH is 1. The Kier molecular flexibility index (Phi) is 9.35. The lowest BCUT2D eigenvalue weighted by molar-refractivity contribution is 0.108. The van der Waals surface area contributed by atoms with Crippen LogP contribution in [0.5, 0.6) is 5.75 Å². The molecule has 33 heavy (non-hydrogen) atoms. The predicted octanol–water partition coefficient (Wildman–Crippen LogP) is 3.20. The molecule has 0 saturated carbocycles. The summed E-state index contributed by atoms with van der Waals surface area (Å²) in [5.41, 5.74) is 3.63. The molecule has 8 heteroatoms. The van der Waals surface area contributed by atoms with E-state index in [1.807, 2.05) is 47.4 Å². The molecule has 0 spiro atoms. The van der Waals surface area contributed by atoms with Crippen molar-refractivity contribution in [1.82, 2.24) is 25.1 Å². The third kappa shape index (κ3) is 7.63. The van der Waals surface area contributed by atoms with Gasteiger partial charge in [-0.1, -0.05) is 26.0 Å². The number of methoxy groups -OCH3 is 1. The standard InChI is InChI=1S/C25H35N5O3/c1-18(2)15-30-16-20(13-27-30)24-12-21(8-6-10-32-4)28-25(29-24)19-7-5-9-23(11-19)33-17-22(31)14-26-3/h5,7,9,11-13,16,18,22,26,31H,6,8,10,14-15,17H2,1-4H3. The van der Waals surface area contributed by atoms with Gasteiger partial charge in [0.15, 0.2) is 5.82 Å². The van der Waals surface area contributed by atoms with Crippen molar-refractivity contribution in [2.24, 2.45) is 5.92 Å². The molecule has 1 unspecified atom stereocenters. The molecule has 178 valence electrons. The van der Waals surface area contributed by atoms with Crippen LogP contribution in [-0.2, 0) is 17.7 Å². The van der Waals surface area contributed by atoms with Crippen LogP contribution >= 0.6 is 0 Å². The van der Waals surface area contributed by atoms with Crippen molar-refractivity contribution in [2.75, 3.05) is 33.9 Å². The molecule has 0 aliphatic carbocycles. The van der Waals surface area contributed by atoms with Crippen molar-refractivity contribution >= 4 is 0 Å². The van der Waals surface area contributed by atoms with Crippen molar-refractivity contribution in [1.29, 1.82) is 0 Å². The van der Waals surface area contributed by atoms with Gasteiger partial charge < -0.3 is 19.9 Å². The number of aliphatic hydroxyl groups is 1. The van der Waals surface area contributed by atoms with E-state index >= 15 is 0 Å². The molecule has 3 rings (SSSR count). The quantitative estimate of drug-likeness (QED) is 0.384. The fourth-order valence-electron chi connectivity index (χ4n) is 3.48. The van der Waals surface area contributed by atoms with Gasteiger partial charge in [-0.3, -0.25) is 4.68 Å². The maximum absolute atomic E-state index is 9.92. The summed E-state index contributed by atoms with van der Waals surface area (Å²) in [5, 5.41) is 17.4. The SMILES string of the molecule is CNCC(O)COc1cccc(-c2nc(CCCOC)cc(-c3cnn(CC(C)C)c3)n2)c1. The summed E-state index contributed by atoms with van der Waals surface area (Å²) in [6.07, 6.45) is 4.99. The molecule has 2 heterocycles. The van der Waals surface area contributed by atoms with Crippen molar-refractivity contribution in [2.45, 2.75) is 39.3 Å². The summed E-state index contributed by atoms with van der Waals surface area (Å²) in [6, 6.07) is 9.69. The molecule has 8 nitrogen and oxygen atoms in total. The average molecular weight is 454 g/mol. The zero-order chi connectivity index (χ0) is 23.6. The van der Waals surface area contributed by atoms with Gasteiger partial charge in [0.05, 0.1) is 11.9 Å². The first-order chi connectivity index (χ1) is 16.0. The van der Waals surface area contributed by atoms with E-state index in [0.29, 0.717) is 30.6 Å². The zero-order valence-electron chi connectivity index (χ0n) is 20.0. The number of rotatable bonds is 13. The highest BCUT2D eigenvalue weighted by Gasteiger charge is 2.12. The number of hydrogen-bond donors (Lipinski definition) is 2. The third-order valence-electron chi connectivity index (χ3n) is 5.02. The van der Waals surface area contributed by atoms with Crippen LogP contribution in [0.2, 0.25) is 0 Å². The molecule has 2 aromatic heterocycles. The van der Waals surface area contributed by atoms with Crippen molar-refractivity contribution in [3.05, 3.63) is 48.4 Å². The molecule has 0 saturated heterocycles. The minimum absolute atomic E-state index is 0.211. The number of nitrogens with one attached hydrogen (secondary N) is 1. The Labute approximate surface area is 196 Å². The maximum Gasteiger partial charge on any atom is 0.160 e. The summed E-state index contributed by atoms with van der Waals surface area (Å²) in [5.74, 6) is 1.82. The van der Waals surface area contributed by atoms with E-state index in [1.54, 1.807) is 14.2 Å². The number of hydrogen-bond acceptors (Lipinski definition) is 7. The maximum atomic E-state index is 9.92. The summed E-state index contributed by atoms with van der Waals surface area (Å²) in [7, 11) is 3.50. The Bertz CT molecular complexity index is 1010. The summed E-state index contributed by atoms with van der Waals surface area (Å²) < 4.78 is 12.9. The van der Waals surface area contributed by atoms with Gasteiger partial charge >= 0.3 is 0 Å². The van der Waals surface area contributed by atoms with Crippen LogP contribution in [0.15, 0.2) is 42.7 Å². The van der Waals surface area contributed by atoms with Crippen LogP contribution in [0.3, 0.4) is 0 Å². The van der Waals surface area contributed by atoms with Gasteiger partial charge in [0.1, 0.15) is 18.5 Å². The number of nitrogens with zero attached hydrogens (tertiary/aromatic N) is 4. The molecular weight excluding hydrogens is 418 g/mol. The molecule has 1 aromatic carbocycles.